The number of hydrazone groups is 1. The molecule has 0 fully saturated rings. The van der Waals surface area contributed by atoms with Crippen molar-refractivity contribution in [3.05, 3.63) is 113 Å². The maximum Gasteiger partial charge on any atom is 0.287 e. The number of amides is 2. The third-order valence-electron chi connectivity index (χ3n) is 4.62. The molecule has 156 valence electrons. The second-order valence-corrected chi connectivity index (χ2v) is 7.31. The van der Waals surface area contributed by atoms with Crippen LogP contribution < -0.4 is 10.7 Å². The number of nitrogens with zero attached hydrogens (tertiary/aromatic N) is 1. The van der Waals surface area contributed by atoms with Gasteiger partial charge in [-0.15, -0.1) is 0 Å². The van der Waals surface area contributed by atoms with Crippen molar-refractivity contribution in [2.75, 3.05) is 0 Å². The summed E-state index contributed by atoms with van der Waals surface area (Å²) in [6.45, 7) is 4.27. The van der Waals surface area contributed by atoms with E-state index in [1.165, 1.54) is 5.56 Å². The molecule has 0 unspecified atom stereocenters. The summed E-state index contributed by atoms with van der Waals surface area (Å²) in [5, 5.41) is 6.73. The van der Waals surface area contributed by atoms with Crippen molar-refractivity contribution < 1.29 is 9.59 Å². The van der Waals surface area contributed by atoms with Gasteiger partial charge in [0.2, 0.25) is 0 Å². The lowest BCUT2D eigenvalue weighted by atomic mass is 10.0. The van der Waals surface area contributed by atoms with Gasteiger partial charge >= 0.3 is 0 Å². The average Bonchev–Trinajstić information content (AvgIpc) is 2.80. The number of benzene rings is 3. The van der Waals surface area contributed by atoms with Gasteiger partial charge in [0, 0.05) is 5.56 Å². The normalized spacial score (nSPS) is 11.5. The smallest absolute Gasteiger partial charge is 0.287 e. The van der Waals surface area contributed by atoms with Gasteiger partial charge in [0.1, 0.15) is 5.70 Å². The van der Waals surface area contributed by atoms with Gasteiger partial charge < -0.3 is 5.32 Å². The highest BCUT2D eigenvalue weighted by Gasteiger charge is 2.14. The number of carbonyl (C=O) groups is 2. The van der Waals surface area contributed by atoms with Crippen LogP contribution in [-0.4, -0.2) is 18.0 Å². The third kappa shape index (κ3) is 6.51. The molecule has 2 N–H and O–H groups in total. The van der Waals surface area contributed by atoms with Crippen LogP contribution in [-0.2, 0) is 4.79 Å². The standard InChI is InChI=1S/C26H25N3O2/c1-19(2)22-15-13-21(14-16-22)18-27-29-26(31)24(17-20-9-5-3-6-10-20)28-25(30)23-11-7-4-8-12-23/h3-19H,1-2H3,(H,28,30)(H,29,31)/b24-17+,27-18+. The van der Waals surface area contributed by atoms with Gasteiger partial charge in [-0.1, -0.05) is 86.6 Å². The first-order valence-electron chi connectivity index (χ1n) is 10.1. The molecular formula is C26H25N3O2. The van der Waals surface area contributed by atoms with Crippen LogP contribution in [0.2, 0.25) is 0 Å². The van der Waals surface area contributed by atoms with Crippen molar-refractivity contribution in [3.8, 4) is 0 Å². The van der Waals surface area contributed by atoms with E-state index in [4.69, 9.17) is 0 Å². The molecule has 0 saturated carbocycles. The highest BCUT2D eigenvalue weighted by molar-refractivity contribution is 6.05. The Morgan fingerprint density at radius 2 is 1.42 bits per heavy atom. The van der Waals surface area contributed by atoms with Gasteiger partial charge in [0.25, 0.3) is 11.8 Å². The number of nitrogens with one attached hydrogen (secondary N) is 2. The second-order valence-electron chi connectivity index (χ2n) is 7.31. The molecule has 2 amide bonds. The molecule has 0 atom stereocenters. The molecule has 0 aromatic heterocycles. The Hall–Kier alpha value is -3.99. The Bertz CT molecular complexity index is 1070. The Morgan fingerprint density at radius 1 is 0.806 bits per heavy atom. The van der Waals surface area contributed by atoms with Crippen molar-refractivity contribution in [1.29, 1.82) is 0 Å². The lowest BCUT2D eigenvalue weighted by Crippen LogP contribution is -2.32. The molecule has 0 bridgehead atoms. The maximum absolute atomic E-state index is 12.7. The SMILES string of the molecule is CC(C)c1ccc(/C=N/NC(=O)/C(=C\c2ccccc2)NC(=O)c2ccccc2)cc1. The zero-order valence-corrected chi connectivity index (χ0v) is 17.6. The molecule has 0 heterocycles. The molecule has 0 aliphatic heterocycles. The van der Waals surface area contributed by atoms with E-state index in [0.29, 0.717) is 11.5 Å². The fourth-order valence-electron chi connectivity index (χ4n) is 2.85. The predicted molar refractivity (Wildman–Crippen MR) is 125 cm³/mol. The molecule has 3 aromatic carbocycles. The van der Waals surface area contributed by atoms with Crippen molar-refractivity contribution in [3.63, 3.8) is 0 Å². The van der Waals surface area contributed by atoms with E-state index >= 15 is 0 Å². The van der Waals surface area contributed by atoms with E-state index in [1.807, 2.05) is 60.7 Å². The van der Waals surface area contributed by atoms with Gasteiger partial charge in [-0.2, -0.15) is 5.10 Å². The molecule has 0 saturated heterocycles. The van der Waals surface area contributed by atoms with Crippen LogP contribution in [0.5, 0.6) is 0 Å². The Balaban J connectivity index is 1.74. The average molecular weight is 412 g/mol. The first kappa shape index (κ1) is 21.7. The summed E-state index contributed by atoms with van der Waals surface area (Å²) in [6, 6.07) is 26.0. The van der Waals surface area contributed by atoms with E-state index in [2.05, 4.69) is 29.7 Å². The van der Waals surface area contributed by atoms with Crippen LogP contribution in [0.25, 0.3) is 6.08 Å². The second kappa shape index (κ2) is 10.7. The van der Waals surface area contributed by atoms with E-state index < -0.39 is 5.91 Å². The molecular weight excluding hydrogens is 386 g/mol. The minimum atomic E-state index is -0.511. The van der Waals surface area contributed by atoms with Crippen LogP contribution in [0.3, 0.4) is 0 Å². The van der Waals surface area contributed by atoms with Gasteiger partial charge in [-0.3, -0.25) is 9.59 Å². The Kier molecular flexibility index (Phi) is 7.49. The largest absolute Gasteiger partial charge is 0.317 e. The van der Waals surface area contributed by atoms with Crippen molar-refractivity contribution in [2.24, 2.45) is 5.10 Å². The van der Waals surface area contributed by atoms with Crippen LogP contribution in [0.15, 0.2) is 95.7 Å². The topological polar surface area (TPSA) is 70.6 Å². The van der Waals surface area contributed by atoms with Crippen molar-refractivity contribution in [2.45, 2.75) is 19.8 Å². The first-order chi connectivity index (χ1) is 15.0. The van der Waals surface area contributed by atoms with Crippen LogP contribution in [0.1, 0.15) is 46.8 Å². The lowest BCUT2D eigenvalue weighted by Gasteiger charge is -2.09. The summed E-state index contributed by atoms with van der Waals surface area (Å²) in [6.07, 6.45) is 3.18. The minimum Gasteiger partial charge on any atom is -0.317 e. The molecule has 3 aromatic rings. The predicted octanol–water partition coefficient (Wildman–Crippen LogP) is 4.73. The molecule has 0 aliphatic rings. The lowest BCUT2D eigenvalue weighted by molar-refractivity contribution is -0.117. The zero-order chi connectivity index (χ0) is 22.1. The highest BCUT2D eigenvalue weighted by Crippen LogP contribution is 2.14. The third-order valence-corrected chi connectivity index (χ3v) is 4.62. The van der Waals surface area contributed by atoms with E-state index in [-0.39, 0.29) is 11.6 Å². The highest BCUT2D eigenvalue weighted by atomic mass is 16.2. The van der Waals surface area contributed by atoms with Crippen molar-refractivity contribution >= 4 is 24.1 Å². The fourth-order valence-corrected chi connectivity index (χ4v) is 2.85. The van der Waals surface area contributed by atoms with Crippen molar-refractivity contribution in [1.82, 2.24) is 10.7 Å². The molecule has 0 spiro atoms. The van der Waals surface area contributed by atoms with E-state index in [9.17, 15) is 9.59 Å². The minimum absolute atomic E-state index is 0.104. The van der Waals surface area contributed by atoms with Gasteiger partial charge in [0.05, 0.1) is 6.21 Å². The van der Waals surface area contributed by atoms with Crippen LogP contribution in [0, 0.1) is 0 Å². The molecule has 3 rings (SSSR count). The Morgan fingerprint density at radius 3 is 2.03 bits per heavy atom. The number of rotatable bonds is 7. The van der Waals surface area contributed by atoms with Crippen LogP contribution in [0.4, 0.5) is 0 Å². The summed E-state index contributed by atoms with van der Waals surface area (Å²) < 4.78 is 0. The molecule has 5 nitrogen and oxygen atoms in total. The number of hydrogen-bond acceptors (Lipinski definition) is 3. The zero-order valence-electron chi connectivity index (χ0n) is 17.6. The number of hydrogen-bond donors (Lipinski definition) is 2. The molecule has 0 radical (unpaired) electrons. The molecule has 0 aliphatic carbocycles. The van der Waals surface area contributed by atoms with Gasteiger partial charge in [-0.25, -0.2) is 5.43 Å². The summed E-state index contributed by atoms with van der Waals surface area (Å²) in [5.41, 5.74) is 5.95. The van der Waals surface area contributed by atoms with E-state index in [1.54, 1.807) is 36.6 Å². The summed E-state index contributed by atoms with van der Waals surface area (Å²) in [7, 11) is 0. The van der Waals surface area contributed by atoms with Gasteiger partial charge in [-0.05, 0) is 40.8 Å². The number of carbonyl (C=O) groups excluding carboxylic acids is 2. The monoisotopic (exact) mass is 411 g/mol. The molecule has 31 heavy (non-hydrogen) atoms. The maximum atomic E-state index is 12.7. The summed E-state index contributed by atoms with van der Waals surface area (Å²) in [5.74, 6) is -0.432. The fraction of sp³-hybridized carbons (Fsp3) is 0.115. The van der Waals surface area contributed by atoms with E-state index in [0.717, 1.165) is 11.1 Å². The first-order valence-corrected chi connectivity index (χ1v) is 10.1. The summed E-state index contributed by atoms with van der Waals surface area (Å²) >= 11 is 0. The quantitative estimate of drug-likeness (QED) is 0.335. The molecule has 5 heteroatoms. The Labute approximate surface area is 182 Å². The van der Waals surface area contributed by atoms with Crippen LogP contribution >= 0.6 is 0 Å². The van der Waals surface area contributed by atoms with Gasteiger partial charge in [0.15, 0.2) is 0 Å². The summed E-state index contributed by atoms with van der Waals surface area (Å²) in [4.78, 5) is 25.3.